The number of hydrogen-bond acceptors (Lipinski definition) is 3. The number of rotatable bonds is 7. The molecule has 1 amide bonds. The van der Waals surface area contributed by atoms with E-state index in [9.17, 15) is 4.79 Å². The second-order valence-electron chi connectivity index (χ2n) is 6.17. The quantitative estimate of drug-likeness (QED) is 0.722. The molecular formula is C14H29N3O. The van der Waals surface area contributed by atoms with Gasteiger partial charge in [-0.1, -0.05) is 27.2 Å². The average Bonchev–Trinajstić information content (AvgIpc) is 2.24. The molecule has 3 N–H and O–H groups in total. The van der Waals surface area contributed by atoms with Crippen LogP contribution in [0.15, 0.2) is 0 Å². The van der Waals surface area contributed by atoms with Crippen LogP contribution in [0.3, 0.4) is 0 Å². The molecule has 0 aromatic rings. The summed E-state index contributed by atoms with van der Waals surface area (Å²) < 4.78 is 0. The molecule has 0 aliphatic carbocycles. The summed E-state index contributed by atoms with van der Waals surface area (Å²) in [4.78, 5) is 14.1. The van der Waals surface area contributed by atoms with Crippen molar-refractivity contribution in [1.82, 2.24) is 10.2 Å². The first-order valence-corrected chi connectivity index (χ1v) is 7.18. The average molecular weight is 255 g/mol. The molecule has 18 heavy (non-hydrogen) atoms. The summed E-state index contributed by atoms with van der Waals surface area (Å²) >= 11 is 0. The highest BCUT2D eigenvalue weighted by molar-refractivity contribution is 5.81. The van der Waals surface area contributed by atoms with Gasteiger partial charge in [0, 0.05) is 25.2 Å². The highest BCUT2D eigenvalue weighted by Gasteiger charge is 2.42. The maximum Gasteiger partial charge on any atom is 0.237 e. The minimum Gasteiger partial charge on any atom is -0.355 e. The smallest absolute Gasteiger partial charge is 0.237 e. The SMILES string of the molecule is CCCC1(N)CN(C(C)C(=O)NCCC(C)C)C1. The van der Waals surface area contributed by atoms with Crippen LogP contribution < -0.4 is 11.1 Å². The van der Waals surface area contributed by atoms with Crippen LogP contribution in [0.25, 0.3) is 0 Å². The standard InChI is InChI=1S/C14H29N3O/c1-5-7-14(15)9-17(10-14)12(4)13(18)16-8-6-11(2)3/h11-12H,5-10,15H2,1-4H3,(H,16,18). The van der Waals surface area contributed by atoms with Crippen molar-refractivity contribution in [3.8, 4) is 0 Å². The van der Waals surface area contributed by atoms with Crippen molar-refractivity contribution >= 4 is 5.91 Å². The molecule has 1 aliphatic rings. The van der Waals surface area contributed by atoms with Crippen LogP contribution >= 0.6 is 0 Å². The Kier molecular flexibility index (Phi) is 5.60. The molecule has 1 saturated heterocycles. The van der Waals surface area contributed by atoms with Crippen molar-refractivity contribution in [3.05, 3.63) is 0 Å². The number of nitrogens with two attached hydrogens (primary N) is 1. The molecule has 1 aliphatic heterocycles. The van der Waals surface area contributed by atoms with E-state index in [0.717, 1.165) is 38.9 Å². The summed E-state index contributed by atoms with van der Waals surface area (Å²) in [6, 6.07) is -0.0503. The molecule has 0 spiro atoms. The van der Waals surface area contributed by atoms with E-state index in [-0.39, 0.29) is 17.5 Å². The fraction of sp³-hybridized carbons (Fsp3) is 0.929. The first kappa shape index (κ1) is 15.4. The van der Waals surface area contributed by atoms with Crippen molar-refractivity contribution in [2.75, 3.05) is 19.6 Å². The van der Waals surface area contributed by atoms with Gasteiger partial charge in [-0.15, -0.1) is 0 Å². The number of likely N-dealkylation sites (tertiary alicyclic amines) is 1. The van der Waals surface area contributed by atoms with Gasteiger partial charge < -0.3 is 11.1 Å². The molecule has 1 atom stereocenters. The number of amides is 1. The van der Waals surface area contributed by atoms with Crippen molar-refractivity contribution in [2.24, 2.45) is 11.7 Å². The maximum absolute atomic E-state index is 11.9. The topological polar surface area (TPSA) is 58.4 Å². The lowest BCUT2D eigenvalue weighted by molar-refractivity contribution is -0.129. The van der Waals surface area contributed by atoms with Gasteiger partial charge in [-0.05, 0) is 25.7 Å². The number of carbonyl (C=O) groups is 1. The van der Waals surface area contributed by atoms with Crippen molar-refractivity contribution in [1.29, 1.82) is 0 Å². The molecule has 0 radical (unpaired) electrons. The molecule has 0 aromatic heterocycles. The Hall–Kier alpha value is -0.610. The Bertz CT molecular complexity index is 272. The second kappa shape index (κ2) is 6.53. The number of nitrogens with zero attached hydrogens (tertiary/aromatic N) is 1. The zero-order valence-electron chi connectivity index (χ0n) is 12.3. The monoisotopic (exact) mass is 255 g/mol. The minimum atomic E-state index is -0.0543. The zero-order valence-corrected chi connectivity index (χ0v) is 12.3. The third-order valence-corrected chi connectivity index (χ3v) is 3.73. The van der Waals surface area contributed by atoms with Gasteiger partial charge in [0.05, 0.1) is 6.04 Å². The molecule has 4 nitrogen and oxygen atoms in total. The fourth-order valence-electron chi connectivity index (χ4n) is 2.49. The van der Waals surface area contributed by atoms with E-state index in [4.69, 9.17) is 5.73 Å². The van der Waals surface area contributed by atoms with Gasteiger partial charge in [0.15, 0.2) is 0 Å². The fourth-order valence-corrected chi connectivity index (χ4v) is 2.49. The maximum atomic E-state index is 11.9. The first-order valence-electron chi connectivity index (χ1n) is 7.18. The third kappa shape index (κ3) is 4.25. The van der Waals surface area contributed by atoms with E-state index < -0.39 is 0 Å². The Labute approximate surface area is 111 Å². The van der Waals surface area contributed by atoms with Crippen LogP contribution in [0.5, 0.6) is 0 Å². The molecule has 4 heteroatoms. The molecule has 0 aromatic carbocycles. The summed E-state index contributed by atoms with van der Waals surface area (Å²) in [7, 11) is 0. The van der Waals surface area contributed by atoms with Crippen molar-refractivity contribution in [2.45, 2.75) is 58.5 Å². The predicted octanol–water partition coefficient (Wildman–Crippen LogP) is 1.35. The van der Waals surface area contributed by atoms with Crippen LogP contribution in [0.1, 0.15) is 47.0 Å². The summed E-state index contributed by atoms with van der Waals surface area (Å²) in [5, 5.41) is 3.00. The van der Waals surface area contributed by atoms with Crippen LogP contribution in [0, 0.1) is 5.92 Å². The van der Waals surface area contributed by atoms with E-state index in [1.807, 2.05) is 6.92 Å². The molecule has 1 heterocycles. The van der Waals surface area contributed by atoms with Crippen molar-refractivity contribution in [3.63, 3.8) is 0 Å². The number of hydrogen-bond donors (Lipinski definition) is 2. The van der Waals surface area contributed by atoms with E-state index in [2.05, 4.69) is 31.0 Å². The Morgan fingerprint density at radius 2 is 2.00 bits per heavy atom. The lowest BCUT2D eigenvalue weighted by Crippen LogP contribution is -2.70. The summed E-state index contributed by atoms with van der Waals surface area (Å²) in [6.07, 6.45) is 3.19. The lowest BCUT2D eigenvalue weighted by atomic mass is 9.85. The van der Waals surface area contributed by atoms with E-state index in [0.29, 0.717) is 5.92 Å². The lowest BCUT2D eigenvalue weighted by Gasteiger charge is -2.50. The molecule has 106 valence electrons. The number of carbonyl (C=O) groups excluding carboxylic acids is 1. The van der Waals surface area contributed by atoms with Gasteiger partial charge in [0.2, 0.25) is 5.91 Å². The van der Waals surface area contributed by atoms with Crippen LogP contribution in [-0.4, -0.2) is 42.0 Å². The first-order chi connectivity index (χ1) is 8.38. The Balaban J connectivity index is 2.25. The highest BCUT2D eigenvalue weighted by Crippen LogP contribution is 2.25. The van der Waals surface area contributed by atoms with Gasteiger partial charge in [0.25, 0.3) is 0 Å². The van der Waals surface area contributed by atoms with Gasteiger partial charge in [0.1, 0.15) is 0 Å². The van der Waals surface area contributed by atoms with Crippen LogP contribution in [0.2, 0.25) is 0 Å². The van der Waals surface area contributed by atoms with Crippen molar-refractivity contribution < 1.29 is 4.79 Å². The summed E-state index contributed by atoms with van der Waals surface area (Å²) in [6.45, 7) is 10.9. The third-order valence-electron chi connectivity index (χ3n) is 3.73. The van der Waals surface area contributed by atoms with E-state index >= 15 is 0 Å². The van der Waals surface area contributed by atoms with Gasteiger partial charge in [-0.2, -0.15) is 0 Å². The molecule has 1 unspecified atom stereocenters. The van der Waals surface area contributed by atoms with Crippen LogP contribution in [0.4, 0.5) is 0 Å². The minimum absolute atomic E-state index is 0.0503. The molecule has 0 bridgehead atoms. The Morgan fingerprint density at radius 1 is 1.39 bits per heavy atom. The molecule has 1 rings (SSSR count). The number of nitrogens with one attached hydrogen (secondary N) is 1. The summed E-state index contributed by atoms with van der Waals surface area (Å²) in [5.41, 5.74) is 6.15. The molecular weight excluding hydrogens is 226 g/mol. The summed E-state index contributed by atoms with van der Waals surface area (Å²) in [5.74, 6) is 0.764. The zero-order chi connectivity index (χ0) is 13.8. The van der Waals surface area contributed by atoms with E-state index in [1.54, 1.807) is 0 Å². The Morgan fingerprint density at radius 3 is 2.50 bits per heavy atom. The second-order valence-corrected chi connectivity index (χ2v) is 6.17. The molecule has 1 fully saturated rings. The van der Waals surface area contributed by atoms with E-state index in [1.165, 1.54) is 0 Å². The predicted molar refractivity (Wildman–Crippen MR) is 75.3 cm³/mol. The molecule has 0 saturated carbocycles. The highest BCUT2D eigenvalue weighted by atomic mass is 16.2. The normalized spacial score (nSPS) is 20.6. The van der Waals surface area contributed by atoms with Gasteiger partial charge in [-0.25, -0.2) is 0 Å². The largest absolute Gasteiger partial charge is 0.355 e. The van der Waals surface area contributed by atoms with Gasteiger partial charge >= 0.3 is 0 Å². The van der Waals surface area contributed by atoms with Gasteiger partial charge in [-0.3, -0.25) is 9.69 Å². The van der Waals surface area contributed by atoms with Crippen LogP contribution in [-0.2, 0) is 4.79 Å².